The van der Waals surface area contributed by atoms with Gasteiger partial charge in [0.1, 0.15) is 18.2 Å². The summed E-state index contributed by atoms with van der Waals surface area (Å²) in [4.78, 5) is 23.4. The fraction of sp³-hybridized carbons (Fsp3) is 0.143. The molecule has 6 heteroatoms. The van der Waals surface area contributed by atoms with Crippen LogP contribution in [0.4, 0.5) is 0 Å². The molecule has 0 aliphatic rings. The molecule has 0 saturated heterocycles. The summed E-state index contributed by atoms with van der Waals surface area (Å²) in [6, 6.07) is 10.6. The van der Waals surface area contributed by atoms with E-state index in [1.165, 1.54) is 12.3 Å². The minimum absolute atomic E-state index is 0.0339. The molecule has 1 heterocycles. The van der Waals surface area contributed by atoms with Crippen LogP contribution in [0.25, 0.3) is 0 Å². The first-order valence-electron chi connectivity index (χ1n) is 5.81. The second-order valence-electron chi connectivity index (χ2n) is 4.09. The third kappa shape index (κ3) is 3.85. The summed E-state index contributed by atoms with van der Waals surface area (Å²) >= 11 is 11.5. The Labute approximate surface area is 125 Å². The number of halogens is 2. The maximum absolute atomic E-state index is 11.7. The van der Waals surface area contributed by atoms with Gasteiger partial charge < -0.3 is 9.30 Å². The van der Waals surface area contributed by atoms with Crippen LogP contribution in [0, 0.1) is 0 Å². The monoisotopic (exact) mass is 311 g/mol. The molecule has 0 spiro atoms. The Bertz CT molecular complexity index is 668. The van der Waals surface area contributed by atoms with E-state index in [-0.39, 0.29) is 23.2 Å². The van der Waals surface area contributed by atoms with Gasteiger partial charge in [-0.05, 0) is 11.6 Å². The number of pyridine rings is 1. The lowest BCUT2D eigenvalue weighted by Crippen LogP contribution is -2.25. The van der Waals surface area contributed by atoms with Crippen molar-refractivity contribution in [3.05, 3.63) is 68.6 Å². The average molecular weight is 312 g/mol. The van der Waals surface area contributed by atoms with Gasteiger partial charge in [-0.3, -0.25) is 9.59 Å². The standard InChI is InChI=1S/C14H11Cl2NO3/c15-11-6-12(16)14(19)17(7-11)8-13(18)20-9-10-4-2-1-3-5-10/h1-7H,8-9H2. The number of ether oxygens (including phenoxy) is 1. The van der Waals surface area contributed by atoms with Crippen LogP contribution in [0.3, 0.4) is 0 Å². The van der Waals surface area contributed by atoms with Gasteiger partial charge in [-0.15, -0.1) is 0 Å². The molecular formula is C14H11Cl2NO3. The topological polar surface area (TPSA) is 48.3 Å². The molecule has 2 aromatic rings. The van der Waals surface area contributed by atoms with E-state index in [1.54, 1.807) is 0 Å². The third-order valence-electron chi connectivity index (χ3n) is 2.55. The van der Waals surface area contributed by atoms with E-state index in [9.17, 15) is 9.59 Å². The fourth-order valence-electron chi connectivity index (χ4n) is 1.60. The molecule has 1 aromatic heterocycles. The van der Waals surface area contributed by atoms with E-state index in [4.69, 9.17) is 27.9 Å². The zero-order valence-electron chi connectivity index (χ0n) is 10.4. The van der Waals surface area contributed by atoms with Crippen molar-refractivity contribution >= 4 is 29.2 Å². The van der Waals surface area contributed by atoms with Gasteiger partial charge >= 0.3 is 5.97 Å². The van der Waals surface area contributed by atoms with Gasteiger partial charge in [0, 0.05) is 6.20 Å². The Morgan fingerprint density at radius 2 is 1.90 bits per heavy atom. The summed E-state index contributed by atoms with van der Waals surface area (Å²) in [5.74, 6) is -0.533. The molecule has 0 fully saturated rings. The molecule has 0 saturated carbocycles. The minimum atomic E-state index is -0.533. The van der Waals surface area contributed by atoms with Crippen molar-refractivity contribution in [1.82, 2.24) is 4.57 Å². The molecule has 4 nitrogen and oxygen atoms in total. The Balaban J connectivity index is 2.00. The zero-order chi connectivity index (χ0) is 14.5. The second kappa shape index (κ2) is 6.59. The van der Waals surface area contributed by atoms with Crippen LogP contribution in [0.15, 0.2) is 47.4 Å². The molecule has 104 valence electrons. The normalized spacial score (nSPS) is 10.3. The molecule has 0 radical (unpaired) electrons. The molecule has 0 amide bonds. The third-order valence-corrected chi connectivity index (χ3v) is 3.03. The Hall–Kier alpha value is -1.78. The number of rotatable bonds is 4. The Morgan fingerprint density at radius 3 is 2.60 bits per heavy atom. The number of esters is 1. The highest BCUT2D eigenvalue weighted by Gasteiger charge is 2.09. The lowest BCUT2D eigenvalue weighted by molar-refractivity contribution is -0.145. The molecule has 0 N–H and O–H groups in total. The molecule has 0 unspecified atom stereocenters. The predicted molar refractivity (Wildman–Crippen MR) is 77.0 cm³/mol. The number of hydrogen-bond acceptors (Lipinski definition) is 3. The Kier molecular flexibility index (Phi) is 4.82. The van der Waals surface area contributed by atoms with Crippen molar-refractivity contribution in [3.63, 3.8) is 0 Å². The van der Waals surface area contributed by atoms with Crippen molar-refractivity contribution in [2.24, 2.45) is 0 Å². The van der Waals surface area contributed by atoms with Gasteiger partial charge in [-0.2, -0.15) is 0 Å². The molecular weight excluding hydrogens is 301 g/mol. The van der Waals surface area contributed by atoms with E-state index in [2.05, 4.69) is 0 Å². The molecule has 0 bridgehead atoms. The second-order valence-corrected chi connectivity index (χ2v) is 4.93. The van der Waals surface area contributed by atoms with E-state index in [0.29, 0.717) is 0 Å². The van der Waals surface area contributed by atoms with Crippen molar-refractivity contribution in [2.45, 2.75) is 13.2 Å². The van der Waals surface area contributed by atoms with Gasteiger partial charge in [0.25, 0.3) is 5.56 Å². The lowest BCUT2D eigenvalue weighted by atomic mass is 10.2. The maximum Gasteiger partial charge on any atom is 0.326 e. The van der Waals surface area contributed by atoms with Gasteiger partial charge in [0.15, 0.2) is 0 Å². The minimum Gasteiger partial charge on any atom is -0.459 e. The quantitative estimate of drug-likeness (QED) is 0.816. The van der Waals surface area contributed by atoms with Crippen LogP contribution >= 0.6 is 23.2 Å². The summed E-state index contributed by atoms with van der Waals surface area (Å²) in [6.45, 7) is -0.0747. The van der Waals surface area contributed by atoms with Crippen LogP contribution < -0.4 is 5.56 Å². The van der Waals surface area contributed by atoms with Gasteiger partial charge in [0.05, 0.1) is 5.02 Å². The van der Waals surface area contributed by atoms with Gasteiger partial charge in [-0.1, -0.05) is 53.5 Å². The average Bonchev–Trinajstić information content (AvgIpc) is 2.43. The molecule has 0 aliphatic carbocycles. The van der Waals surface area contributed by atoms with E-state index < -0.39 is 11.5 Å². The predicted octanol–water partition coefficient (Wildman–Crippen LogP) is 2.90. The van der Waals surface area contributed by atoms with E-state index >= 15 is 0 Å². The van der Waals surface area contributed by atoms with E-state index in [0.717, 1.165) is 10.1 Å². The highest BCUT2D eigenvalue weighted by molar-refractivity contribution is 6.34. The smallest absolute Gasteiger partial charge is 0.326 e. The van der Waals surface area contributed by atoms with Crippen LogP contribution in [-0.2, 0) is 22.7 Å². The fourth-order valence-corrected chi connectivity index (χ4v) is 2.11. The molecule has 20 heavy (non-hydrogen) atoms. The molecule has 1 aromatic carbocycles. The van der Waals surface area contributed by atoms with Gasteiger partial charge in [-0.25, -0.2) is 0 Å². The largest absolute Gasteiger partial charge is 0.459 e. The maximum atomic E-state index is 11.7. The summed E-state index contributed by atoms with van der Waals surface area (Å²) in [6.07, 6.45) is 1.35. The summed E-state index contributed by atoms with van der Waals surface area (Å²) in [7, 11) is 0. The number of carbonyl (C=O) groups is 1. The summed E-state index contributed by atoms with van der Waals surface area (Å²) < 4.78 is 6.20. The van der Waals surface area contributed by atoms with Crippen LogP contribution in [0.5, 0.6) is 0 Å². The SMILES string of the molecule is O=C(Cn1cc(Cl)cc(Cl)c1=O)OCc1ccccc1. The van der Waals surface area contributed by atoms with Crippen molar-refractivity contribution < 1.29 is 9.53 Å². The van der Waals surface area contributed by atoms with E-state index in [1.807, 2.05) is 30.3 Å². The highest BCUT2D eigenvalue weighted by Crippen LogP contribution is 2.11. The van der Waals surface area contributed by atoms with Gasteiger partial charge in [0.2, 0.25) is 0 Å². The van der Waals surface area contributed by atoms with Crippen molar-refractivity contribution in [2.75, 3.05) is 0 Å². The zero-order valence-corrected chi connectivity index (χ0v) is 11.9. The number of carbonyl (C=O) groups excluding carboxylic acids is 1. The number of hydrogen-bond donors (Lipinski definition) is 0. The summed E-state index contributed by atoms with van der Waals surface area (Å²) in [5.41, 5.74) is 0.394. The molecule has 2 rings (SSSR count). The first kappa shape index (κ1) is 14.6. The van der Waals surface area contributed by atoms with Crippen molar-refractivity contribution in [1.29, 1.82) is 0 Å². The van der Waals surface area contributed by atoms with Crippen molar-refractivity contribution in [3.8, 4) is 0 Å². The number of nitrogens with zero attached hydrogens (tertiary/aromatic N) is 1. The summed E-state index contributed by atoms with van der Waals surface area (Å²) in [5, 5.41) is 0.249. The Morgan fingerprint density at radius 1 is 1.20 bits per heavy atom. The molecule has 0 aliphatic heterocycles. The number of benzene rings is 1. The lowest BCUT2D eigenvalue weighted by Gasteiger charge is -2.08. The highest BCUT2D eigenvalue weighted by atomic mass is 35.5. The first-order chi connectivity index (χ1) is 9.56. The number of aromatic nitrogens is 1. The van der Waals surface area contributed by atoms with Crippen LogP contribution in [0.1, 0.15) is 5.56 Å². The first-order valence-corrected chi connectivity index (χ1v) is 6.57. The van der Waals surface area contributed by atoms with Crippen LogP contribution in [-0.4, -0.2) is 10.5 Å². The molecule has 0 atom stereocenters. The van der Waals surface area contributed by atoms with Crippen LogP contribution in [0.2, 0.25) is 10.0 Å².